The van der Waals surface area contributed by atoms with Gasteiger partial charge in [0.05, 0.1) is 11.6 Å². The Bertz CT molecular complexity index is 572. The number of aryl methyl sites for hydroxylation is 1. The van der Waals surface area contributed by atoms with Gasteiger partial charge in [0, 0.05) is 28.1 Å². The summed E-state index contributed by atoms with van der Waals surface area (Å²) in [5, 5.41) is 5.68. The molecule has 0 radical (unpaired) electrons. The van der Waals surface area contributed by atoms with E-state index < -0.39 is 0 Å². The molecular weight excluding hydrogens is 257 g/mol. The molecule has 0 aliphatic heterocycles. The first-order chi connectivity index (χ1) is 8.15. The fourth-order valence-corrected chi connectivity index (χ4v) is 2.65. The fraction of sp³-hybridized carbons (Fsp3) is 0.385. The van der Waals surface area contributed by atoms with Crippen LogP contribution in [0, 0.1) is 6.92 Å². The molecule has 0 atom stereocenters. The van der Waals surface area contributed by atoms with Gasteiger partial charge in [0.25, 0.3) is 0 Å². The van der Waals surface area contributed by atoms with Crippen LogP contribution in [0.1, 0.15) is 24.2 Å². The predicted molar refractivity (Wildman–Crippen MR) is 70.8 cm³/mol. The zero-order chi connectivity index (χ0) is 12.0. The van der Waals surface area contributed by atoms with Crippen molar-refractivity contribution >= 4 is 34.2 Å². The van der Waals surface area contributed by atoms with Crippen LogP contribution in [0.2, 0.25) is 10.0 Å². The second kappa shape index (κ2) is 4.20. The molecule has 1 fully saturated rings. The van der Waals surface area contributed by atoms with E-state index in [4.69, 9.17) is 27.6 Å². The summed E-state index contributed by atoms with van der Waals surface area (Å²) in [6.45, 7) is 2.80. The van der Waals surface area contributed by atoms with Gasteiger partial charge in [-0.1, -0.05) is 23.2 Å². The van der Waals surface area contributed by atoms with Crippen molar-refractivity contribution in [1.29, 1.82) is 0 Å². The Morgan fingerprint density at radius 2 is 2.12 bits per heavy atom. The van der Waals surface area contributed by atoms with Crippen LogP contribution in [0.4, 0.5) is 0 Å². The smallest absolute Gasteiger partial charge is 0.137 e. The van der Waals surface area contributed by atoms with Crippen molar-refractivity contribution in [2.24, 2.45) is 0 Å². The largest absolute Gasteiger partial charge is 0.459 e. The number of hydrogen-bond acceptors (Lipinski definition) is 2. The van der Waals surface area contributed by atoms with Crippen molar-refractivity contribution in [2.75, 3.05) is 0 Å². The van der Waals surface area contributed by atoms with Gasteiger partial charge in [-0.3, -0.25) is 0 Å². The van der Waals surface area contributed by atoms with Crippen molar-refractivity contribution in [3.63, 3.8) is 0 Å². The molecule has 0 saturated heterocycles. The fourth-order valence-electron chi connectivity index (χ4n) is 2.04. The van der Waals surface area contributed by atoms with E-state index >= 15 is 0 Å². The van der Waals surface area contributed by atoms with Crippen LogP contribution in [-0.4, -0.2) is 6.04 Å². The molecule has 1 aromatic carbocycles. The third kappa shape index (κ3) is 2.17. The van der Waals surface area contributed by atoms with Gasteiger partial charge in [-0.05, 0) is 25.8 Å². The van der Waals surface area contributed by atoms with Gasteiger partial charge in [-0.2, -0.15) is 0 Å². The number of nitrogens with one attached hydrogen (secondary N) is 1. The zero-order valence-corrected chi connectivity index (χ0v) is 11.0. The molecule has 1 heterocycles. The molecule has 4 heteroatoms. The van der Waals surface area contributed by atoms with Crippen molar-refractivity contribution in [3.8, 4) is 0 Å². The lowest BCUT2D eigenvalue weighted by Crippen LogP contribution is -2.15. The first-order valence-electron chi connectivity index (χ1n) is 5.75. The molecular formula is C13H13Cl2NO. The van der Waals surface area contributed by atoms with Crippen LogP contribution >= 0.6 is 23.2 Å². The Morgan fingerprint density at radius 3 is 2.82 bits per heavy atom. The van der Waals surface area contributed by atoms with Gasteiger partial charge in [-0.15, -0.1) is 0 Å². The lowest BCUT2D eigenvalue weighted by Gasteiger charge is -1.99. The first kappa shape index (κ1) is 11.4. The molecule has 0 bridgehead atoms. The Morgan fingerprint density at radius 1 is 1.35 bits per heavy atom. The van der Waals surface area contributed by atoms with Gasteiger partial charge in [0.2, 0.25) is 0 Å². The maximum Gasteiger partial charge on any atom is 0.137 e. The summed E-state index contributed by atoms with van der Waals surface area (Å²) in [7, 11) is 0. The standard InChI is InChI=1S/C13H13Cl2NO/c1-7-12(6-16-9-2-3-9)17-11-5-8(14)4-10(15)13(7)11/h4-5,9,16H,2-3,6H2,1H3. The lowest BCUT2D eigenvalue weighted by molar-refractivity contribution is 0.509. The normalized spacial score (nSPS) is 15.7. The number of rotatable bonds is 3. The number of furan rings is 1. The van der Waals surface area contributed by atoms with E-state index in [-0.39, 0.29) is 0 Å². The molecule has 2 aromatic rings. The van der Waals surface area contributed by atoms with E-state index in [9.17, 15) is 0 Å². The summed E-state index contributed by atoms with van der Waals surface area (Å²) in [4.78, 5) is 0. The highest BCUT2D eigenvalue weighted by atomic mass is 35.5. The minimum atomic E-state index is 0.609. The Kier molecular flexibility index (Phi) is 2.81. The molecule has 1 aliphatic carbocycles. The van der Waals surface area contributed by atoms with Crippen LogP contribution in [-0.2, 0) is 6.54 Å². The van der Waals surface area contributed by atoms with E-state index in [1.165, 1.54) is 12.8 Å². The number of benzene rings is 1. The molecule has 3 rings (SSSR count). The summed E-state index contributed by atoms with van der Waals surface area (Å²) in [5.41, 5.74) is 1.88. The molecule has 0 spiro atoms. The minimum absolute atomic E-state index is 0.609. The van der Waals surface area contributed by atoms with E-state index in [0.717, 1.165) is 28.8 Å². The SMILES string of the molecule is Cc1c(CNC2CC2)oc2cc(Cl)cc(Cl)c12. The monoisotopic (exact) mass is 269 g/mol. The molecule has 1 saturated carbocycles. The highest BCUT2D eigenvalue weighted by Crippen LogP contribution is 2.34. The predicted octanol–water partition coefficient (Wildman–Crippen LogP) is 4.30. The Hall–Kier alpha value is -0.700. The molecule has 1 N–H and O–H groups in total. The summed E-state index contributed by atoms with van der Waals surface area (Å²) in [6, 6.07) is 4.24. The van der Waals surface area contributed by atoms with Crippen LogP contribution < -0.4 is 5.32 Å². The van der Waals surface area contributed by atoms with Crippen molar-refractivity contribution in [2.45, 2.75) is 32.4 Å². The van der Waals surface area contributed by atoms with Gasteiger partial charge < -0.3 is 9.73 Å². The number of halogens is 2. The summed E-state index contributed by atoms with van der Waals surface area (Å²) < 4.78 is 5.81. The van der Waals surface area contributed by atoms with Crippen LogP contribution in [0.25, 0.3) is 11.0 Å². The average Bonchev–Trinajstić information content (AvgIpc) is 3.01. The molecule has 90 valence electrons. The quantitative estimate of drug-likeness (QED) is 0.899. The average molecular weight is 270 g/mol. The van der Waals surface area contributed by atoms with Gasteiger partial charge in [0.15, 0.2) is 0 Å². The van der Waals surface area contributed by atoms with Crippen LogP contribution in [0.3, 0.4) is 0 Å². The lowest BCUT2D eigenvalue weighted by atomic mass is 10.1. The minimum Gasteiger partial charge on any atom is -0.459 e. The second-order valence-electron chi connectivity index (χ2n) is 4.57. The molecule has 0 unspecified atom stereocenters. The van der Waals surface area contributed by atoms with E-state index in [2.05, 4.69) is 5.32 Å². The molecule has 2 nitrogen and oxygen atoms in total. The zero-order valence-electron chi connectivity index (χ0n) is 9.52. The molecule has 17 heavy (non-hydrogen) atoms. The third-order valence-corrected chi connectivity index (χ3v) is 3.69. The summed E-state index contributed by atoms with van der Waals surface area (Å²) >= 11 is 12.2. The topological polar surface area (TPSA) is 25.2 Å². The van der Waals surface area contributed by atoms with Crippen LogP contribution in [0.5, 0.6) is 0 Å². The van der Waals surface area contributed by atoms with E-state index in [0.29, 0.717) is 16.1 Å². The van der Waals surface area contributed by atoms with Crippen LogP contribution in [0.15, 0.2) is 16.5 Å². The molecule has 1 aliphatic rings. The number of hydrogen-bond donors (Lipinski definition) is 1. The third-order valence-electron chi connectivity index (χ3n) is 3.17. The Labute approximate surface area is 110 Å². The van der Waals surface area contributed by atoms with Crippen molar-refractivity contribution in [1.82, 2.24) is 5.32 Å². The maximum atomic E-state index is 6.19. The molecule has 1 aromatic heterocycles. The molecule has 0 amide bonds. The van der Waals surface area contributed by atoms with Crippen molar-refractivity contribution < 1.29 is 4.42 Å². The van der Waals surface area contributed by atoms with E-state index in [1.54, 1.807) is 6.07 Å². The maximum absolute atomic E-state index is 6.19. The summed E-state index contributed by atoms with van der Waals surface area (Å²) in [6.07, 6.45) is 2.54. The summed E-state index contributed by atoms with van der Waals surface area (Å²) in [5.74, 6) is 0.955. The second-order valence-corrected chi connectivity index (χ2v) is 5.41. The van der Waals surface area contributed by atoms with Crippen molar-refractivity contribution in [3.05, 3.63) is 33.5 Å². The highest BCUT2D eigenvalue weighted by Gasteiger charge is 2.22. The Balaban J connectivity index is 2.01. The van der Waals surface area contributed by atoms with Gasteiger partial charge >= 0.3 is 0 Å². The van der Waals surface area contributed by atoms with Gasteiger partial charge in [-0.25, -0.2) is 0 Å². The van der Waals surface area contributed by atoms with Gasteiger partial charge in [0.1, 0.15) is 11.3 Å². The first-order valence-corrected chi connectivity index (χ1v) is 6.51. The highest BCUT2D eigenvalue weighted by molar-refractivity contribution is 6.38. The van der Waals surface area contributed by atoms with E-state index in [1.807, 2.05) is 13.0 Å². The number of fused-ring (bicyclic) bond motifs is 1.